The molecule has 2 aliphatic heterocycles. The van der Waals surface area contributed by atoms with E-state index in [1.807, 2.05) is 27.7 Å². The molecular formula is C49H100N12O9Si2. The van der Waals surface area contributed by atoms with Crippen molar-refractivity contribution in [2.24, 2.45) is 0 Å². The Bertz CT molecular complexity index is 1640. The Kier molecular flexibility index (Phi) is 29.3. The molecule has 0 aliphatic carbocycles. The third kappa shape index (κ3) is 22.2. The maximum absolute atomic E-state index is 14.3. The van der Waals surface area contributed by atoms with Gasteiger partial charge in [-0.25, -0.2) is 38.8 Å². The van der Waals surface area contributed by atoms with Crippen LogP contribution in [0.3, 0.4) is 0 Å². The Morgan fingerprint density at radius 2 is 1.10 bits per heavy atom. The normalized spacial score (nSPS) is 22.4. The van der Waals surface area contributed by atoms with E-state index in [-0.39, 0.29) is 72.6 Å². The highest BCUT2D eigenvalue weighted by Crippen LogP contribution is 2.44. The van der Waals surface area contributed by atoms with E-state index in [0.29, 0.717) is 89.9 Å². The van der Waals surface area contributed by atoms with Crippen molar-refractivity contribution in [3.63, 3.8) is 0 Å². The van der Waals surface area contributed by atoms with Crippen molar-refractivity contribution in [3.8, 4) is 0 Å². The van der Waals surface area contributed by atoms with Crippen molar-refractivity contribution in [1.82, 2.24) is 62.4 Å². The lowest BCUT2D eigenvalue weighted by Gasteiger charge is -2.44. The summed E-state index contributed by atoms with van der Waals surface area (Å²) in [7, 11) is -4.10. The van der Waals surface area contributed by atoms with Gasteiger partial charge in [0, 0.05) is 85.2 Å². The fourth-order valence-electron chi connectivity index (χ4n) is 8.50. The number of rotatable bonds is 20. The molecule has 2 bridgehead atoms. The molecule has 0 aromatic rings. The monoisotopic (exact) mass is 1060 g/mol. The second-order valence-electron chi connectivity index (χ2n) is 21.5. The molecule has 8 N–H and O–H groups in total. The van der Waals surface area contributed by atoms with Gasteiger partial charge in [-0.15, -0.1) is 0 Å². The number of nitrogens with one attached hydrogen (secondary N) is 8. The van der Waals surface area contributed by atoms with E-state index in [1.54, 1.807) is 16.8 Å². The molecule has 418 valence electrons. The predicted octanol–water partition coefficient (Wildman–Crippen LogP) is 6.49. The van der Waals surface area contributed by atoms with Gasteiger partial charge in [-0.2, -0.15) is 0 Å². The highest BCUT2D eigenvalue weighted by molar-refractivity contribution is 6.78. The summed E-state index contributed by atoms with van der Waals surface area (Å²) in [6, 6.07) is -1.21. The first-order valence-corrected chi connectivity index (χ1v) is 31.8. The number of hydrogen-bond donors (Lipinski definition) is 8. The summed E-state index contributed by atoms with van der Waals surface area (Å²) >= 11 is 0. The van der Waals surface area contributed by atoms with Crippen LogP contribution in [-0.2, 0) is 13.6 Å². The van der Waals surface area contributed by atoms with Gasteiger partial charge in [0.15, 0.2) is 0 Å². The zero-order chi connectivity index (χ0) is 53.8. The number of carbonyl (C=O) groups excluding carboxylic acids is 6. The van der Waals surface area contributed by atoms with Gasteiger partial charge >= 0.3 is 36.2 Å². The van der Waals surface area contributed by atoms with Gasteiger partial charge in [0.2, 0.25) is 16.6 Å². The largest absolute Gasteiger partial charge is 0.409 e. The lowest BCUT2D eigenvalue weighted by atomic mass is 10.2. The number of ether oxygens (including phenoxy) is 1. The molecule has 2 fully saturated rings. The van der Waals surface area contributed by atoms with Crippen molar-refractivity contribution in [2.75, 3.05) is 104 Å². The molecule has 2 saturated heterocycles. The number of unbranched alkanes of at least 4 members (excludes halogenated alkanes) is 6. The Hall–Kier alpha value is -4.07. The summed E-state index contributed by atoms with van der Waals surface area (Å²) in [5.41, 5.74) is 0. The fraction of sp³-hybridized carbons (Fsp3) is 0.878. The van der Waals surface area contributed by atoms with Crippen molar-refractivity contribution < 1.29 is 42.4 Å². The van der Waals surface area contributed by atoms with Crippen molar-refractivity contribution in [1.29, 1.82) is 0 Å². The number of likely N-dealkylation sites (N-methyl/N-ethyl adjacent to an activating group) is 1. The van der Waals surface area contributed by atoms with Crippen molar-refractivity contribution >= 4 is 52.8 Å². The molecule has 23 heteroatoms. The summed E-state index contributed by atoms with van der Waals surface area (Å²) in [5, 5.41) is 25.7. The highest BCUT2D eigenvalue weighted by atomic mass is 28.4. The smallest absolute Gasteiger partial charge is 0.336 e. The molecule has 0 radical (unpaired) electrons. The van der Waals surface area contributed by atoms with Crippen LogP contribution in [0.1, 0.15) is 147 Å². The lowest BCUT2D eigenvalue weighted by molar-refractivity contribution is 0.0557. The molecular weight excluding hydrogens is 957 g/mol. The molecule has 0 aromatic heterocycles. The van der Waals surface area contributed by atoms with Crippen LogP contribution in [-0.4, -0.2) is 189 Å². The first-order valence-electron chi connectivity index (χ1n) is 27.2. The average Bonchev–Trinajstić information content (AvgIpc) is 3.37. The first-order chi connectivity index (χ1) is 34.1. The summed E-state index contributed by atoms with van der Waals surface area (Å²) < 4.78 is 21.1. The minimum absolute atomic E-state index is 0.0107. The molecule has 4 atom stereocenters. The summed E-state index contributed by atoms with van der Waals surface area (Å²) in [5.74, 6) is 0. The first kappa shape index (κ1) is 64.0. The van der Waals surface area contributed by atoms with Crippen LogP contribution >= 0.6 is 0 Å². The molecule has 0 aromatic carbocycles. The van der Waals surface area contributed by atoms with Gasteiger partial charge in [-0.05, 0) is 81.8 Å². The maximum atomic E-state index is 14.3. The summed E-state index contributed by atoms with van der Waals surface area (Å²) in [4.78, 5) is 83.2. The number of hydrogen-bond acceptors (Lipinski definition) is 9. The third-order valence-electron chi connectivity index (χ3n) is 13.9. The number of amides is 12. The highest BCUT2D eigenvalue weighted by Gasteiger charge is 2.54. The van der Waals surface area contributed by atoms with Crippen LogP contribution in [0.4, 0.5) is 28.8 Å². The molecule has 72 heavy (non-hydrogen) atoms. The van der Waals surface area contributed by atoms with E-state index in [4.69, 9.17) is 13.6 Å². The van der Waals surface area contributed by atoms with E-state index in [9.17, 15) is 28.8 Å². The minimum Gasteiger partial charge on any atom is -0.409 e. The molecule has 2 rings (SSSR count). The zero-order valence-corrected chi connectivity index (χ0v) is 48.7. The molecule has 21 nitrogen and oxygen atoms in total. The fourth-order valence-corrected chi connectivity index (χ4v) is 16.0. The SMILES string of the molecule is CCCNC(=O)NCCCCCCNC(=O)N1CCN(CC)C(=O)NC[Si]2(C(C)(C)C)COC[Si](C(C)(C)C)(CCCNC(=O)N(N(C)C(=O)NCCCCCCNC(=O)NCCC)CC1)OC(C)C(C)O2. The van der Waals surface area contributed by atoms with Crippen LogP contribution in [0.5, 0.6) is 0 Å². The minimum atomic E-state index is -2.90. The van der Waals surface area contributed by atoms with Crippen molar-refractivity contribution in [2.45, 2.75) is 175 Å². The van der Waals surface area contributed by atoms with Crippen LogP contribution in [0.15, 0.2) is 0 Å². The Balaban J connectivity index is 2.38. The molecule has 2 aliphatic rings. The lowest BCUT2D eigenvalue weighted by Crippen LogP contribution is -2.63. The number of nitrogens with zero attached hydrogens (tertiary/aromatic N) is 4. The maximum Gasteiger partial charge on any atom is 0.336 e. The third-order valence-corrected chi connectivity index (χ3v) is 24.3. The van der Waals surface area contributed by atoms with Gasteiger partial charge < -0.3 is 65.9 Å². The standard InChI is InChI=1S/C49H100N12O9Si2/c1-13-25-50-42(62)52-27-20-16-18-22-29-54-44(64)58(12)61-35-34-60(45(65)55-30-23-19-17-21-28-53-43(63)51-26-14-2)33-32-59(15-3)46(66)57-37-72(49(9,10)11)39-68-38-71(48(6,7)8,36-24-31-56-47(61)67)69-40(4)41(5)70-72/h40-41H,13-39H2,1-12H3,(H,54,64)(H,55,65)(H,56,67)(H,57,66)(H2,50,52,62)(H2,51,53,63). The summed E-state index contributed by atoms with van der Waals surface area (Å²) in [6.45, 7) is 27.4. The van der Waals surface area contributed by atoms with Gasteiger partial charge in [0.25, 0.3) is 0 Å². The Labute approximate surface area is 435 Å². The number of urea groups is 6. The van der Waals surface area contributed by atoms with E-state index in [0.717, 1.165) is 57.8 Å². The number of hydrazine groups is 1. The van der Waals surface area contributed by atoms with Crippen LogP contribution in [0, 0.1) is 0 Å². The number of fused-ring (bicyclic) bond motifs is 4. The molecule has 12 amide bonds. The van der Waals surface area contributed by atoms with E-state index in [2.05, 4.69) is 91.0 Å². The predicted molar refractivity (Wildman–Crippen MR) is 289 cm³/mol. The second kappa shape index (κ2) is 33.0. The topological polar surface area (TPSA) is 239 Å². The van der Waals surface area contributed by atoms with Gasteiger partial charge in [0.1, 0.15) is 0 Å². The Morgan fingerprint density at radius 1 is 0.625 bits per heavy atom. The van der Waals surface area contributed by atoms with Gasteiger partial charge in [0.05, 0.1) is 31.2 Å². The van der Waals surface area contributed by atoms with E-state index >= 15 is 0 Å². The van der Waals surface area contributed by atoms with E-state index < -0.39 is 28.7 Å². The quantitative estimate of drug-likeness (QED) is 0.0491. The van der Waals surface area contributed by atoms with Crippen LogP contribution < -0.4 is 42.5 Å². The van der Waals surface area contributed by atoms with Crippen molar-refractivity contribution in [3.05, 3.63) is 0 Å². The average molecular weight is 1060 g/mol. The number of carbonyl (C=O) groups is 6. The second-order valence-corrected chi connectivity index (χ2v) is 30.4. The van der Waals surface area contributed by atoms with Crippen LogP contribution in [0.2, 0.25) is 16.1 Å². The molecule has 4 unspecified atom stereocenters. The summed E-state index contributed by atoms with van der Waals surface area (Å²) in [6.07, 6.45) is 9.45. The molecule has 2 heterocycles. The molecule has 0 saturated carbocycles. The molecule has 0 spiro atoms. The Morgan fingerprint density at radius 3 is 1.61 bits per heavy atom. The zero-order valence-electron chi connectivity index (χ0n) is 46.7. The van der Waals surface area contributed by atoms with Gasteiger partial charge in [-0.3, -0.25) is 0 Å². The van der Waals surface area contributed by atoms with E-state index in [1.165, 1.54) is 10.0 Å². The van der Waals surface area contributed by atoms with Gasteiger partial charge in [-0.1, -0.05) is 81.1 Å². The van der Waals surface area contributed by atoms with Crippen LogP contribution in [0.25, 0.3) is 0 Å².